The molecule has 1 aromatic heterocycles. The number of ketones is 1. The van der Waals surface area contributed by atoms with Crippen LogP contribution in [0.4, 0.5) is 4.79 Å². The second-order valence-electron chi connectivity index (χ2n) is 7.67. The highest BCUT2D eigenvalue weighted by molar-refractivity contribution is 5.98. The Morgan fingerprint density at radius 1 is 1.19 bits per heavy atom. The minimum atomic E-state index is -0.329. The first-order valence-corrected chi connectivity index (χ1v) is 10.7. The number of nitrogens with zero attached hydrogens (tertiary/aromatic N) is 2. The Morgan fingerprint density at radius 3 is 2.50 bits per heavy atom. The van der Waals surface area contributed by atoms with E-state index in [0.29, 0.717) is 49.9 Å². The van der Waals surface area contributed by atoms with Gasteiger partial charge in [-0.25, -0.2) is 9.78 Å². The molecule has 0 radical (unpaired) electrons. The molecule has 0 unspecified atom stereocenters. The van der Waals surface area contributed by atoms with Crippen molar-refractivity contribution in [2.24, 2.45) is 0 Å². The van der Waals surface area contributed by atoms with E-state index >= 15 is 0 Å². The van der Waals surface area contributed by atoms with Crippen molar-refractivity contribution in [3.8, 4) is 17.2 Å². The number of aromatic nitrogens is 1. The average molecular weight is 444 g/mol. The Labute approximate surface area is 187 Å². The van der Waals surface area contributed by atoms with Gasteiger partial charge in [0.2, 0.25) is 11.8 Å². The van der Waals surface area contributed by atoms with Gasteiger partial charge >= 0.3 is 6.09 Å². The molecule has 1 saturated heterocycles. The van der Waals surface area contributed by atoms with E-state index in [4.69, 9.17) is 13.9 Å². The summed E-state index contributed by atoms with van der Waals surface area (Å²) >= 11 is 0. The van der Waals surface area contributed by atoms with Gasteiger partial charge in [0.1, 0.15) is 17.3 Å². The molecule has 3 rings (SSSR count). The van der Waals surface area contributed by atoms with E-state index in [-0.39, 0.29) is 36.7 Å². The van der Waals surface area contributed by atoms with E-state index in [2.05, 4.69) is 10.3 Å². The molecule has 2 amide bonds. The summed E-state index contributed by atoms with van der Waals surface area (Å²) in [6, 6.07) is 7.21. The number of hydrogen-bond acceptors (Lipinski definition) is 7. The van der Waals surface area contributed by atoms with Crippen LogP contribution in [-0.4, -0.2) is 60.5 Å². The maximum absolute atomic E-state index is 12.4. The second-order valence-corrected chi connectivity index (χ2v) is 7.67. The van der Waals surface area contributed by atoms with Gasteiger partial charge < -0.3 is 24.1 Å². The fraction of sp³-hybridized carbons (Fsp3) is 0.478. The lowest BCUT2D eigenvalue weighted by Crippen LogP contribution is -2.47. The van der Waals surface area contributed by atoms with Crippen molar-refractivity contribution in [3.05, 3.63) is 35.7 Å². The Kier molecular flexibility index (Phi) is 7.86. The van der Waals surface area contributed by atoms with Gasteiger partial charge in [0.15, 0.2) is 0 Å². The molecule has 32 heavy (non-hydrogen) atoms. The lowest BCUT2D eigenvalue weighted by molar-refractivity contribution is -0.128. The van der Waals surface area contributed by atoms with Crippen LogP contribution in [0.25, 0.3) is 11.5 Å². The van der Waals surface area contributed by atoms with Crippen LogP contribution in [0, 0.1) is 6.92 Å². The number of methoxy groups -OCH3 is 1. The van der Waals surface area contributed by atoms with Crippen LogP contribution in [0.2, 0.25) is 0 Å². The van der Waals surface area contributed by atoms with Crippen molar-refractivity contribution in [2.45, 2.75) is 45.6 Å². The zero-order chi connectivity index (χ0) is 23.1. The molecule has 0 aliphatic carbocycles. The number of carbonyl (C=O) groups is 3. The number of carbonyl (C=O) groups excluding carboxylic acids is 3. The van der Waals surface area contributed by atoms with Crippen molar-refractivity contribution in [3.63, 3.8) is 0 Å². The molecule has 0 saturated carbocycles. The zero-order valence-corrected chi connectivity index (χ0v) is 18.7. The lowest BCUT2D eigenvalue weighted by Gasteiger charge is -2.31. The Bertz CT molecular complexity index is 945. The number of oxazole rings is 1. The Morgan fingerprint density at radius 2 is 1.88 bits per heavy atom. The third kappa shape index (κ3) is 6.09. The summed E-state index contributed by atoms with van der Waals surface area (Å²) in [5.41, 5.74) is 1.30. The van der Waals surface area contributed by atoms with Gasteiger partial charge in [-0.3, -0.25) is 9.59 Å². The van der Waals surface area contributed by atoms with Gasteiger partial charge in [-0.05, 0) is 51.0 Å². The van der Waals surface area contributed by atoms with Crippen LogP contribution in [0.15, 0.2) is 28.7 Å². The summed E-state index contributed by atoms with van der Waals surface area (Å²) in [5.74, 6) is 1.15. The fourth-order valence-corrected chi connectivity index (χ4v) is 3.58. The molecule has 1 aliphatic heterocycles. The highest BCUT2D eigenvalue weighted by Crippen LogP contribution is 2.24. The summed E-state index contributed by atoms with van der Waals surface area (Å²) in [7, 11) is 1.59. The molecule has 0 atom stereocenters. The van der Waals surface area contributed by atoms with Crippen LogP contribution < -0.4 is 10.1 Å². The largest absolute Gasteiger partial charge is 0.497 e. The molecule has 9 nitrogen and oxygen atoms in total. The van der Waals surface area contributed by atoms with Crippen molar-refractivity contribution in [2.75, 3.05) is 26.8 Å². The number of hydrogen-bond donors (Lipinski definition) is 1. The van der Waals surface area contributed by atoms with Crippen LogP contribution in [0.3, 0.4) is 0 Å². The van der Waals surface area contributed by atoms with E-state index in [9.17, 15) is 14.4 Å². The first kappa shape index (κ1) is 23.3. The maximum atomic E-state index is 12.4. The Balaban J connectivity index is 1.48. The summed E-state index contributed by atoms with van der Waals surface area (Å²) in [6.45, 7) is 4.89. The van der Waals surface area contributed by atoms with Crippen molar-refractivity contribution < 1.29 is 28.3 Å². The topological polar surface area (TPSA) is 111 Å². The van der Waals surface area contributed by atoms with Crippen molar-refractivity contribution >= 4 is 17.8 Å². The van der Waals surface area contributed by atoms with Gasteiger partial charge in [-0.2, -0.15) is 0 Å². The number of nitrogens with one attached hydrogen (secondary N) is 1. The number of piperidine rings is 1. The first-order valence-electron chi connectivity index (χ1n) is 10.7. The summed E-state index contributed by atoms with van der Waals surface area (Å²) in [5, 5.41) is 2.89. The molecule has 0 spiro atoms. The normalized spacial score (nSPS) is 14.2. The van der Waals surface area contributed by atoms with E-state index in [1.54, 1.807) is 38.0 Å². The minimum Gasteiger partial charge on any atom is -0.497 e. The highest BCUT2D eigenvalue weighted by Gasteiger charge is 2.25. The van der Waals surface area contributed by atoms with Crippen LogP contribution in [0.5, 0.6) is 5.75 Å². The smallest absolute Gasteiger partial charge is 0.409 e. The van der Waals surface area contributed by atoms with Gasteiger partial charge in [-0.1, -0.05) is 0 Å². The molecular weight excluding hydrogens is 414 g/mol. The van der Waals surface area contributed by atoms with E-state index in [1.807, 2.05) is 12.1 Å². The molecule has 2 aromatic rings. The Hall–Kier alpha value is -3.36. The standard InChI is InChI=1S/C23H29N3O6/c1-4-31-23(29)26-11-9-17(10-12-26)24-21(28)14-18(27)13-20-15(2)32-22(25-20)16-5-7-19(30-3)8-6-16/h5-8,17H,4,9-14H2,1-3H3,(H,24,28). The van der Waals surface area contributed by atoms with Crippen LogP contribution in [0.1, 0.15) is 37.6 Å². The van der Waals surface area contributed by atoms with Gasteiger partial charge in [0.25, 0.3) is 0 Å². The number of likely N-dealkylation sites (tertiary alicyclic amines) is 1. The summed E-state index contributed by atoms with van der Waals surface area (Å²) in [4.78, 5) is 42.5. The number of aryl methyl sites for hydroxylation is 1. The predicted octanol–water partition coefficient (Wildman–Crippen LogP) is 2.90. The van der Waals surface area contributed by atoms with Crippen molar-refractivity contribution in [1.29, 1.82) is 0 Å². The molecule has 2 heterocycles. The van der Waals surface area contributed by atoms with Crippen molar-refractivity contribution in [1.82, 2.24) is 15.2 Å². The predicted molar refractivity (Wildman–Crippen MR) is 116 cm³/mol. The molecule has 9 heteroatoms. The number of benzene rings is 1. The first-order chi connectivity index (χ1) is 15.4. The molecule has 1 fully saturated rings. The van der Waals surface area contributed by atoms with Gasteiger partial charge in [0, 0.05) is 24.7 Å². The van der Waals surface area contributed by atoms with E-state index in [0.717, 1.165) is 11.3 Å². The molecule has 172 valence electrons. The summed E-state index contributed by atoms with van der Waals surface area (Å²) in [6.07, 6.45) is 0.741. The lowest BCUT2D eigenvalue weighted by atomic mass is 10.0. The van der Waals surface area contributed by atoms with Gasteiger partial charge in [0.05, 0.1) is 32.3 Å². The molecule has 1 N–H and O–H groups in total. The third-order valence-electron chi connectivity index (χ3n) is 5.34. The fourth-order valence-electron chi connectivity index (χ4n) is 3.58. The van der Waals surface area contributed by atoms with E-state index < -0.39 is 0 Å². The van der Waals surface area contributed by atoms with Gasteiger partial charge in [-0.15, -0.1) is 0 Å². The third-order valence-corrected chi connectivity index (χ3v) is 5.34. The highest BCUT2D eigenvalue weighted by atomic mass is 16.6. The second kappa shape index (κ2) is 10.8. The number of rotatable bonds is 8. The molecule has 1 aromatic carbocycles. The monoisotopic (exact) mass is 443 g/mol. The summed E-state index contributed by atoms with van der Waals surface area (Å²) < 4.78 is 15.8. The zero-order valence-electron chi connectivity index (χ0n) is 18.7. The van der Waals surface area contributed by atoms with Crippen LogP contribution in [-0.2, 0) is 20.7 Å². The quantitative estimate of drug-likeness (QED) is 0.625. The van der Waals surface area contributed by atoms with Crippen LogP contribution >= 0.6 is 0 Å². The van der Waals surface area contributed by atoms with E-state index in [1.165, 1.54) is 0 Å². The molecule has 0 bridgehead atoms. The number of Topliss-reactive ketones (excluding diaryl/α,β-unsaturated/α-hetero) is 1. The average Bonchev–Trinajstić information content (AvgIpc) is 3.14. The molecule has 1 aliphatic rings. The number of ether oxygens (including phenoxy) is 2. The minimum absolute atomic E-state index is 0.0280. The number of amides is 2. The maximum Gasteiger partial charge on any atom is 0.409 e. The molecular formula is C23H29N3O6. The SMILES string of the molecule is CCOC(=O)N1CCC(NC(=O)CC(=O)Cc2nc(-c3ccc(OC)cc3)oc2C)CC1.